The average Bonchev–Trinajstić information content (AvgIpc) is 2.02. The second kappa shape index (κ2) is 4.84. The molecular weight excluding hydrogens is 170 g/mol. The van der Waals surface area contributed by atoms with Gasteiger partial charge in [-0.15, -0.1) is 0 Å². The number of ether oxygens (including phenoxy) is 1. The second-order valence-electron chi connectivity index (χ2n) is 3.31. The van der Waals surface area contributed by atoms with Gasteiger partial charge in [-0.2, -0.15) is 0 Å². The molecule has 0 aromatic carbocycles. The van der Waals surface area contributed by atoms with Crippen molar-refractivity contribution in [2.75, 3.05) is 6.54 Å². The van der Waals surface area contributed by atoms with E-state index < -0.39 is 0 Å². The topological polar surface area (TPSA) is 55.4 Å². The van der Waals surface area contributed by atoms with Crippen molar-refractivity contribution in [3.8, 4) is 0 Å². The van der Waals surface area contributed by atoms with E-state index in [4.69, 9.17) is 4.74 Å². The Hall–Kier alpha value is -1.06. The minimum atomic E-state index is -0.300. The molecule has 0 unspecified atom stereocenters. The second-order valence-corrected chi connectivity index (χ2v) is 3.31. The van der Waals surface area contributed by atoms with Crippen molar-refractivity contribution < 1.29 is 14.3 Å². The van der Waals surface area contributed by atoms with E-state index in [9.17, 15) is 9.59 Å². The van der Waals surface area contributed by atoms with Crippen LogP contribution in [-0.2, 0) is 14.3 Å². The van der Waals surface area contributed by atoms with Gasteiger partial charge in [0.25, 0.3) is 0 Å². The first-order chi connectivity index (χ1) is 6.18. The van der Waals surface area contributed by atoms with Crippen molar-refractivity contribution in [2.24, 2.45) is 0 Å². The largest absolute Gasteiger partial charge is 0.462 e. The number of amides is 1. The SMILES string of the molecule is C[C@H]1CC(=O)NCCCCC(=O)O1. The molecule has 1 saturated heterocycles. The number of carbonyl (C=O) groups excluding carboxylic acids is 2. The van der Waals surface area contributed by atoms with Crippen LogP contribution in [0.1, 0.15) is 32.6 Å². The van der Waals surface area contributed by atoms with E-state index in [1.165, 1.54) is 0 Å². The first kappa shape index (κ1) is 10.0. The predicted octanol–water partition coefficient (Wildman–Crippen LogP) is 0.608. The molecule has 1 fully saturated rings. The van der Waals surface area contributed by atoms with Crippen molar-refractivity contribution in [1.29, 1.82) is 0 Å². The van der Waals surface area contributed by atoms with E-state index in [0.29, 0.717) is 13.0 Å². The van der Waals surface area contributed by atoms with E-state index in [1.54, 1.807) is 6.92 Å². The van der Waals surface area contributed by atoms with Gasteiger partial charge in [0, 0.05) is 13.0 Å². The number of carbonyl (C=O) groups is 2. The van der Waals surface area contributed by atoms with Gasteiger partial charge in [-0.3, -0.25) is 9.59 Å². The molecule has 0 aromatic heterocycles. The summed E-state index contributed by atoms with van der Waals surface area (Å²) in [7, 11) is 0. The van der Waals surface area contributed by atoms with Gasteiger partial charge in [0.15, 0.2) is 0 Å². The van der Waals surface area contributed by atoms with Crippen LogP contribution >= 0.6 is 0 Å². The molecule has 0 spiro atoms. The standard InChI is InChI=1S/C9H15NO3/c1-7-6-8(11)10-5-3-2-4-9(12)13-7/h7H,2-6H2,1H3,(H,10,11)/t7-/m0/s1. The lowest BCUT2D eigenvalue weighted by atomic mass is 10.2. The summed E-state index contributed by atoms with van der Waals surface area (Å²) in [4.78, 5) is 22.2. The highest BCUT2D eigenvalue weighted by Gasteiger charge is 2.14. The normalized spacial score (nSPS) is 26.1. The third-order valence-electron chi connectivity index (χ3n) is 1.94. The molecule has 1 aliphatic rings. The molecule has 0 saturated carbocycles. The van der Waals surface area contributed by atoms with Crippen LogP contribution in [0.4, 0.5) is 0 Å². The molecule has 1 rings (SSSR count). The van der Waals surface area contributed by atoms with Crippen molar-refractivity contribution in [1.82, 2.24) is 5.32 Å². The summed E-state index contributed by atoms with van der Waals surface area (Å²) < 4.78 is 5.00. The van der Waals surface area contributed by atoms with Crippen LogP contribution in [0.25, 0.3) is 0 Å². The number of cyclic esters (lactones) is 1. The molecule has 1 amide bonds. The Morgan fingerprint density at radius 1 is 1.38 bits per heavy atom. The minimum Gasteiger partial charge on any atom is -0.462 e. The molecule has 0 aliphatic carbocycles. The molecular formula is C9H15NO3. The fourth-order valence-electron chi connectivity index (χ4n) is 1.28. The molecule has 1 atom stereocenters. The van der Waals surface area contributed by atoms with Gasteiger partial charge in [0.2, 0.25) is 5.91 Å². The Morgan fingerprint density at radius 3 is 2.92 bits per heavy atom. The van der Waals surface area contributed by atoms with Crippen molar-refractivity contribution in [3.63, 3.8) is 0 Å². The van der Waals surface area contributed by atoms with Crippen LogP contribution < -0.4 is 5.32 Å². The van der Waals surface area contributed by atoms with Crippen LogP contribution in [0, 0.1) is 0 Å². The summed E-state index contributed by atoms with van der Waals surface area (Å²) in [5, 5.41) is 2.77. The quantitative estimate of drug-likeness (QED) is 0.562. The lowest BCUT2D eigenvalue weighted by molar-refractivity contribution is -0.149. The molecule has 0 aromatic rings. The number of nitrogens with one attached hydrogen (secondary N) is 1. The number of hydrogen-bond donors (Lipinski definition) is 1. The van der Waals surface area contributed by atoms with Gasteiger partial charge < -0.3 is 10.1 Å². The fourth-order valence-corrected chi connectivity index (χ4v) is 1.28. The maximum absolute atomic E-state index is 11.1. The zero-order chi connectivity index (χ0) is 9.68. The number of esters is 1. The Morgan fingerprint density at radius 2 is 2.15 bits per heavy atom. The molecule has 1 aliphatic heterocycles. The number of hydrogen-bond acceptors (Lipinski definition) is 3. The zero-order valence-electron chi connectivity index (χ0n) is 7.84. The van der Waals surface area contributed by atoms with Crippen LogP contribution in [0.2, 0.25) is 0 Å². The molecule has 74 valence electrons. The summed E-state index contributed by atoms with van der Waals surface area (Å²) in [6, 6.07) is 0. The first-order valence-electron chi connectivity index (χ1n) is 4.64. The van der Waals surface area contributed by atoms with E-state index in [1.807, 2.05) is 0 Å². The highest BCUT2D eigenvalue weighted by molar-refractivity contribution is 5.77. The molecule has 1 N–H and O–H groups in total. The summed E-state index contributed by atoms with van der Waals surface area (Å²) in [6.45, 7) is 2.40. The smallest absolute Gasteiger partial charge is 0.306 e. The third kappa shape index (κ3) is 3.92. The molecule has 4 nitrogen and oxygen atoms in total. The van der Waals surface area contributed by atoms with Gasteiger partial charge in [-0.25, -0.2) is 0 Å². The van der Waals surface area contributed by atoms with Gasteiger partial charge in [-0.05, 0) is 19.8 Å². The van der Waals surface area contributed by atoms with Crippen LogP contribution in [0.3, 0.4) is 0 Å². The highest BCUT2D eigenvalue weighted by Crippen LogP contribution is 2.05. The van der Waals surface area contributed by atoms with E-state index in [-0.39, 0.29) is 24.4 Å². The molecule has 0 radical (unpaired) electrons. The Kier molecular flexibility index (Phi) is 3.73. The van der Waals surface area contributed by atoms with Crippen molar-refractivity contribution in [2.45, 2.75) is 38.7 Å². The van der Waals surface area contributed by atoms with Gasteiger partial charge in [0.1, 0.15) is 6.10 Å². The Labute approximate surface area is 77.6 Å². The van der Waals surface area contributed by atoms with Gasteiger partial charge >= 0.3 is 5.97 Å². The predicted molar refractivity (Wildman–Crippen MR) is 47.0 cm³/mol. The van der Waals surface area contributed by atoms with E-state index in [2.05, 4.69) is 5.32 Å². The molecule has 0 bridgehead atoms. The Bertz CT molecular complexity index is 183. The maximum Gasteiger partial charge on any atom is 0.306 e. The monoisotopic (exact) mass is 185 g/mol. The fraction of sp³-hybridized carbons (Fsp3) is 0.778. The molecule has 4 heteroatoms. The molecule has 1 heterocycles. The van der Waals surface area contributed by atoms with Crippen molar-refractivity contribution in [3.05, 3.63) is 0 Å². The average molecular weight is 185 g/mol. The summed E-state index contributed by atoms with van der Waals surface area (Å²) in [6.07, 6.45) is 2.05. The van der Waals surface area contributed by atoms with Gasteiger partial charge in [0.05, 0.1) is 6.42 Å². The van der Waals surface area contributed by atoms with Crippen LogP contribution in [-0.4, -0.2) is 24.5 Å². The Balaban J connectivity index is 2.44. The minimum absolute atomic E-state index is 0.0396. The van der Waals surface area contributed by atoms with Crippen LogP contribution in [0.5, 0.6) is 0 Å². The van der Waals surface area contributed by atoms with Crippen molar-refractivity contribution >= 4 is 11.9 Å². The third-order valence-corrected chi connectivity index (χ3v) is 1.94. The summed E-state index contributed by atoms with van der Waals surface area (Å²) in [5.41, 5.74) is 0. The number of rotatable bonds is 0. The van der Waals surface area contributed by atoms with E-state index >= 15 is 0 Å². The summed E-state index contributed by atoms with van der Waals surface area (Å²) in [5.74, 6) is -0.232. The lowest BCUT2D eigenvalue weighted by Gasteiger charge is -2.15. The van der Waals surface area contributed by atoms with E-state index in [0.717, 1.165) is 12.8 Å². The lowest BCUT2D eigenvalue weighted by Crippen LogP contribution is -2.30. The summed E-state index contributed by atoms with van der Waals surface area (Å²) >= 11 is 0. The zero-order valence-corrected chi connectivity index (χ0v) is 7.84. The maximum atomic E-state index is 11.1. The first-order valence-corrected chi connectivity index (χ1v) is 4.64. The van der Waals surface area contributed by atoms with Crippen LogP contribution in [0.15, 0.2) is 0 Å². The van der Waals surface area contributed by atoms with Gasteiger partial charge in [-0.1, -0.05) is 0 Å². The molecule has 13 heavy (non-hydrogen) atoms. The highest BCUT2D eigenvalue weighted by atomic mass is 16.5.